The van der Waals surface area contributed by atoms with Crippen LogP contribution in [0.2, 0.25) is 0 Å². The molecule has 0 aliphatic carbocycles. The summed E-state index contributed by atoms with van der Waals surface area (Å²) in [6.45, 7) is 1.78. The van der Waals surface area contributed by atoms with Crippen molar-refractivity contribution in [3.05, 3.63) is 0 Å². The molecule has 0 bridgehead atoms. The van der Waals surface area contributed by atoms with Gasteiger partial charge in [-0.3, -0.25) is 9.59 Å². The zero-order valence-electron chi connectivity index (χ0n) is 10.4. The first-order chi connectivity index (χ1) is 7.88. The van der Waals surface area contributed by atoms with Crippen LogP contribution in [-0.4, -0.2) is 66.5 Å². The molecular weight excluding hydrogens is 226 g/mol. The SMILES string of the molecule is CCCN(CC(=O)N(C)C)C(=O)NCC(=O)O. The molecule has 0 aromatic heterocycles. The predicted octanol–water partition coefficient (Wildman–Crippen LogP) is -0.419. The van der Waals surface area contributed by atoms with E-state index >= 15 is 0 Å². The number of nitrogens with one attached hydrogen (secondary N) is 1. The third-order valence-electron chi connectivity index (χ3n) is 2.00. The van der Waals surface area contributed by atoms with Gasteiger partial charge < -0.3 is 20.2 Å². The molecule has 17 heavy (non-hydrogen) atoms. The number of carbonyl (C=O) groups excluding carboxylic acids is 2. The van der Waals surface area contributed by atoms with Crippen LogP contribution in [0.3, 0.4) is 0 Å². The Morgan fingerprint density at radius 3 is 2.24 bits per heavy atom. The number of likely N-dealkylation sites (N-methyl/N-ethyl adjacent to an activating group) is 1. The first-order valence-corrected chi connectivity index (χ1v) is 5.33. The van der Waals surface area contributed by atoms with Crippen LogP contribution < -0.4 is 5.32 Å². The number of amides is 3. The number of carboxylic acids is 1. The summed E-state index contributed by atoms with van der Waals surface area (Å²) in [5.74, 6) is -1.32. The monoisotopic (exact) mass is 245 g/mol. The van der Waals surface area contributed by atoms with Crippen LogP contribution in [0.25, 0.3) is 0 Å². The first-order valence-electron chi connectivity index (χ1n) is 5.33. The van der Waals surface area contributed by atoms with Crippen molar-refractivity contribution in [2.75, 3.05) is 33.7 Å². The summed E-state index contributed by atoms with van der Waals surface area (Å²) in [4.78, 5) is 36.0. The van der Waals surface area contributed by atoms with Gasteiger partial charge in [0.1, 0.15) is 13.1 Å². The number of nitrogens with zero attached hydrogens (tertiary/aromatic N) is 2. The molecule has 98 valence electrons. The maximum absolute atomic E-state index is 11.6. The second-order valence-corrected chi connectivity index (χ2v) is 3.76. The van der Waals surface area contributed by atoms with Gasteiger partial charge >= 0.3 is 12.0 Å². The number of hydrogen-bond acceptors (Lipinski definition) is 3. The molecule has 0 spiro atoms. The molecule has 0 atom stereocenters. The van der Waals surface area contributed by atoms with Crippen LogP contribution in [0.15, 0.2) is 0 Å². The van der Waals surface area contributed by atoms with Crippen LogP contribution in [0.5, 0.6) is 0 Å². The largest absolute Gasteiger partial charge is 0.480 e. The second kappa shape index (κ2) is 7.48. The van der Waals surface area contributed by atoms with E-state index in [1.165, 1.54) is 9.80 Å². The lowest BCUT2D eigenvalue weighted by Crippen LogP contribution is -2.46. The molecule has 7 heteroatoms. The highest BCUT2D eigenvalue weighted by atomic mass is 16.4. The third-order valence-corrected chi connectivity index (χ3v) is 2.00. The molecule has 0 aliphatic rings. The van der Waals surface area contributed by atoms with Crippen molar-refractivity contribution >= 4 is 17.9 Å². The lowest BCUT2D eigenvalue weighted by Gasteiger charge is -2.23. The molecule has 0 saturated heterocycles. The lowest BCUT2D eigenvalue weighted by atomic mass is 10.4. The van der Waals surface area contributed by atoms with Crippen molar-refractivity contribution in [2.24, 2.45) is 0 Å². The molecule has 0 saturated carbocycles. The molecule has 0 aromatic carbocycles. The summed E-state index contributed by atoms with van der Waals surface area (Å²) in [5.41, 5.74) is 0. The van der Waals surface area contributed by atoms with Crippen molar-refractivity contribution in [3.8, 4) is 0 Å². The number of rotatable bonds is 6. The first kappa shape index (κ1) is 15.2. The molecular formula is C10H19N3O4. The topological polar surface area (TPSA) is 90.0 Å². The molecule has 7 nitrogen and oxygen atoms in total. The third kappa shape index (κ3) is 6.39. The molecule has 0 heterocycles. The normalized spacial score (nSPS) is 9.59. The maximum Gasteiger partial charge on any atom is 0.323 e. The number of carboxylic acid groups (broad SMARTS) is 1. The van der Waals surface area contributed by atoms with E-state index < -0.39 is 18.5 Å². The predicted molar refractivity (Wildman–Crippen MR) is 61.6 cm³/mol. The molecule has 0 fully saturated rings. The standard InChI is InChI=1S/C10H19N3O4/c1-4-5-13(7-8(14)12(2)3)10(17)11-6-9(15)16/h4-7H2,1-3H3,(H,11,17)(H,15,16). The fourth-order valence-electron chi connectivity index (χ4n) is 1.09. The van der Waals surface area contributed by atoms with Gasteiger partial charge in [-0.05, 0) is 6.42 Å². The van der Waals surface area contributed by atoms with E-state index in [0.717, 1.165) is 0 Å². The van der Waals surface area contributed by atoms with Gasteiger partial charge in [0.25, 0.3) is 0 Å². The van der Waals surface area contributed by atoms with Gasteiger partial charge in [0.15, 0.2) is 0 Å². The quantitative estimate of drug-likeness (QED) is 0.665. The maximum atomic E-state index is 11.6. The van der Waals surface area contributed by atoms with E-state index in [4.69, 9.17) is 5.11 Å². The van der Waals surface area contributed by atoms with Gasteiger partial charge in [0.2, 0.25) is 5.91 Å². The van der Waals surface area contributed by atoms with E-state index in [0.29, 0.717) is 13.0 Å². The lowest BCUT2D eigenvalue weighted by molar-refractivity contribution is -0.135. The molecule has 0 aromatic rings. The van der Waals surface area contributed by atoms with Crippen LogP contribution in [0.4, 0.5) is 4.79 Å². The number of carbonyl (C=O) groups is 3. The smallest absolute Gasteiger partial charge is 0.323 e. The Morgan fingerprint density at radius 2 is 1.82 bits per heavy atom. The van der Waals surface area contributed by atoms with Crippen LogP contribution in [0.1, 0.15) is 13.3 Å². The summed E-state index contributed by atoms with van der Waals surface area (Å²) >= 11 is 0. The van der Waals surface area contributed by atoms with E-state index in [-0.39, 0.29) is 12.5 Å². The number of hydrogen-bond donors (Lipinski definition) is 2. The molecule has 0 unspecified atom stereocenters. The van der Waals surface area contributed by atoms with Gasteiger partial charge in [-0.2, -0.15) is 0 Å². The van der Waals surface area contributed by atoms with E-state index in [2.05, 4.69) is 5.32 Å². The molecule has 3 amide bonds. The summed E-state index contributed by atoms with van der Waals surface area (Å²) in [6, 6.07) is -0.538. The molecule has 0 aliphatic heterocycles. The average Bonchev–Trinajstić information content (AvgIpc) is 2.24. The minimum atomic E-state index is -1.12. The Morgan fingerprint density at radius 1 is 1.24 bits per heavy atom. The van der Waals surface area contributed by atoms with E-state index in [9.17, 15) is 14.4 Å². The Labute approximate surface area is 100 Å². The average molecular weight is 245 g/mol. The summed E-state index contributed by atoms with van der Waals surface area (Å²) in [6.07, 6.45) is 0.696. The summed E-state index contributed by atoms with van der Waals surface area (Å²) in [7, 11) is 3.20. The Kier molecular flexibility index (Phi) is 6.69. The molecule has 0 rings (SSSR count). The van der Waals surface area contributed by atoms with Crippen molar-refractivity contribution in [1.82, 2.24) is 15.1 Å². The van der Waals surface area contributed by atoms with Crippen LogP contribution in [-0.2, 0) is 9.59 Å². The summed E-state index contributed by atoms with van der Waals surface area (Å²) in [5, 5.41) is 10.7. The molecule has 2 N–H and O–H groups in total. The van der Waals surface area contributed by atoms with Gasteiger partial charge in [-0.1, -0.05) is 6.92 Å². The van der Waals surface area contributed by atoms with Crippen molar-refractivity contribution < 1.29 is 19.5 Å². The van der Waals surface area contributed by atoms with E-state index in [1.807, 2.05) is 6.92 Å². The van der Waals surface area contributed by atoms with Gasteiger partial charge in [-0.25, -0.2) is 4.79 Å². The van der Waals surface area contributed by atoms with Crippen LogP contribution >= 0.6 is 0 Å². The van der Waals surface area contributed by atoms with Gasteiger partial charge in [0.05, 0.1) is 0 Å². The fraction of sp³-hybridized carbons (Fsp3) is 0.700. The second-order valence-electron chi connectivity index (χ2n) is 3.76. The van der Waals surface area contributed by atoms with Crippen molar-refractivity contribution in [3.63, 3.8) is 0 Å². The Hall–Kier alpha value is -1.79. The highest BCUT2D eigenvalue weighted by Gasteiger charge is 2.17. The Balaban J connectivity index is 4.35. The Bertz CT molecular complexity index is 291. The van der Waals surface area contributed by atoms with Crippen molar-refractivity contribution in [1.29, 1.82) is 0 Å². The minimum absolute atomic E-state index is 0.0493. The fourth-order valence-corrected chi connectivity index (χ4v) is 1.09. The zero-order chi connectivity index (χ0) is 13.4. The number of urea groups is 1. The van der Waals surface area contributed by atoms with E-state index in [1.54, 1.807) is 14.1 Å². The molecule has 0 radical (unpaired) electrons. The van der Waals surface area contributed by atoms with Crippen molar-refractivity contribution in [2.45, 2.75) is 13.3 Å². The van der Waals surface area contributed by atoms with Crippen LogP contribution in [0, 0.1) is 0 Å². The summed E-state index contributed by atoms with van der Waals surface area (Å²) < 4.78 is 0. The zero-order valence-corrected chi connectivity index (χ0v) is 10.4. The van der Waals surface area contributed by atoms with Gasteiger partial charge in [0, 0.05) is 20.6 Å². The minimum Gasteiger partial charge on any atom is -0.480 e. The highest BCUT2D eigenvalue weighted by Crippen LogP contribution is 1.94. The number of aliphatic carboxylic acids is 1. The highest BCUT2D eigenvalue weighted by molar-refractivity contribution is 5.85. The van der Waals surface area contributed by atoms with Gasteiger partial charge in [-0.15, -0.1) is 0 Å².